The summed E-state index contributed by atoms with van der Waals surface area (Å²) in [5.74, 6) is -2.50. The maximum Gasteiger partial charge on any atom is 0.303 e. The summed E-state index contributed by atoms with van der Waals surface area (Å²) in [4.78, 5) is 44.9. The van der Waals surface area contributed by atoms with Crippen molar-refractivity contribution < 1.29 is 42.9 Å². The highest BCUT2D eigenvalue weighted by atomic mass is 16.6. The molecule has 0 aromatic rings. The maximum absolute atomic E-state index is 11.4. The SMILES string of the molecule is CO[C@H]([C@@H](OC(C)=O)[C@H](COC(C)=O)OC(C)=O)[C@H](C)OC(C)=O. The van der Waals surface area contributed by atoms with Crippen molar-refractivity contribution in [2.24, 2.45) is 0 Å². The average Bonchev–Trinajstić information content (AvgIpc) is 2.41. The molecule has 138 valence electrons. The van der Waals surface area contributed by atoms with Gasteiger partial charge in [-0.3, -0.25) is 19.2 Å². The Morgan fingerprint density at radius 2 is 1.25 bits per heavy atom. The number of methoxy groups -OCH3 is 1. The Kier molecular flexibility index (Phi) is 9.63. The van der Waals surface area contributed by atoms with E-state index in [1.807, 2.05) is 0 Å². The highest BCUT2D eigenvalue weighted by Crippen LogP contribution is 2.18. The monoisotopic (exact) mass is 348 g/mol. The summed E-state index contributed by atoms with van der Waals surface area (Å²) in [6.45, 7) is 5.89. The van der Waals surface area contributed by atoms with E-state index in [4.69, 9.17) is 23.7 Å². The Morgan fingerprint density at radius 1 is 0.750 bits per heavy atom. The van der Waals surface area contributed by atoms with Gasteiger partial charge in [0.05, 0.1) is 0 Å². The molecule has 0 radical (unpaired) electrons. The molecular weight excluding hydrogens is 324 g/mol. The quantitative estimate of drug-likeness (QED) is 0.431. The number of carbonyl (C=O) groups excluding carboxylic acids is 4. The molecule has 0 rings (SSSR count). The van der Waals surface area contributed by atoms with Crippen molar-refractivity contribution in [3.8, 4) is 0 Å². The fourth-order valence-corrected chi connectivity index (χ4v) is 2.08. The first kappa shape index (κ1) is 21.8. The first-order valence-electron chi connectivity index (χ1n) is 7.26. The van der Waals surface area contributed by atoms with Gasteiger partial charge in [0.15, 0.2) is 12.2 Å². The van der Waals surface area contributed by atoms with Crippen LogP contribution in [0, 0.1) is 0 Å². The van der Waals surface area contributed by atoms with Crippen LogP contribution in [-0.2, 0) is 42.9 Å². The highest BCUT2D eigenvalue weighted by Gasteiger charge is 2.40. The zero-order valence-electron chi connectivity index (χ0n) is 14.7. The second kappa shape index (κ2) is 10.6. The molecule has 9 heteroatoms. The van der Waals surface area contributed by atoms with Crippen molar-refractivity contribution >= 4 is 23.9 Å². The zero-order valence-corrected chi connectivity index (χ0v) is 14.7. The van der Waals surface area contributed by atoms with E-state index in [1.165, 1.54) is 27.9 Å². The van der Waals surface area contributed by atoms with E-state index in [-0.39, 0.29) is 6.61 Å². The van der Waals surface area contributed by atoms with E-state index >= 15 is 0 Å². The van der Waals surface area contributed by atoms with E-state index in [2.05, 4.69) is 0 Å². The van der Waals surface area contributed by atoms with Gasteiger partial charge in [-0.15, -0.1) is 0 Å². The molecular formula is C15H24O9. The van der Waals surface area contributed by atoms with Crippen molar-refractivity contribution in [3.63, 3.8) is 0 Å². The van der Waals surface area contributed by atoms with Crippen LogP contribution in [0.1, 0.15) is 34.6 Å². The third kappa shape index (κ3) is 8.47. The molecule has 0 amide bonds. The molecule has 0 aliphatic rings. The molecule has 0 bridgehead atoms. The van der Waals surface area contributed by atoms with Gasteiger partial charge in [-0.2, -0.15) is 0 Å². The van der Waals surface area contributed by atoms with Gasteiger partial charge in [-0.1, -0.05) is 0 Å². The predicted molar refractivity (Wildman–Crippen MR) is 79.8 cm³/mol. The first-order chi connectivity index (χ1) is 11.1. The van der Waals surface area contributed by atoms with Crippen LogP contribution in [0.4, 0.5) is 0 Å². The molecule has 9 nitrogen and oxygen atoms in total. The van der Waals surface area contributed by atoms with Gasteiger partial charge in [0.1, 0.15) is 18.8 Å². The first-order valence-corrected chi connectivity index (χ1v) is 7.26. The van der Waals surface area contributed by atoms with Gasteiger partial charge in [0.25, 0.3) is 0 Å². The van der Waals surface area contributed by atoms with Crippen LogP contribution in [0.25, 0.3) is 0 Å². The molecule has 0 heterocycles. The predicted octanol–water partition coefficient (Wildman–Crippen LogP) is 0.380. The number of rotatable bonds is 9. The van der Waals surface area contributed by atoms with Gasteiger partial charge in [-0.05, 0) is 6.92 Å². The summed E-state index contributed by atoms with van der Waals surface area (Å²) in [6, 6.07) is 0. The van der Waals surface area contributed by atoms with Crippen molar-refractivity contribution in [1.29, 1.82) is 0 Å². The van der Waals surface area contributed by atoms with Gasteiger partial charge in [-0.25, -0.2) is 0 Å². The molecule has 0 aromatic heterocycles. The Labute approximate surface area is 140 Å². The van der Waals surface area contributed by atoms with Crippen LogP contribution in [-0.4, -0.2) is 62.0 Å². The fourth-order valence-electron chi connectivity index (χ4n) is 2.08. The van der Waals surface area contributed by atoms with Gasteiger partial charge in [0.2, 0.25) is 0 Å². The summed E-state index contributed by atoms with van der Waals surface area (Å²) < 4.78 is 25.4. The minimum Gasteiger partial charge on any atom is -0.462 e. The van der Waals surface area contributed by atoms with Crippen LogP contribution >= 0.6 is 0 Å². The fraction of sp³-hybridized carbons (Fsp3) is 0.733. The molecule has 4 atom stereocenters. The van der Waals surface area contributed by atoms with E-state index in [1.54, 1.807) is 0 Å². The molecule has 0 aromatic carbocycles. The summed E-state index contributed by atoms with van der Waals surface area (Å²) in [5.41, 5.74) is 0. The second-order valence-electron chi connectivity index (χ2n) is 5.04. The normalized spacial score (nSPS) is 15.4. The summed E-state index contributed by atoms with van der Waals surface area (Å²) >= 11 is 0. The lowest BCUT2D eigenvalue weighted by Crippen LogP contribution is -2.51. The van der Waals surface area contributed by atoms with Crippen molar-refractivity contribution in [2.45, 2.75) is 59.0 Å². The number of esters is 4. The summed E-state index contributed by atoms with van der Waals surface area (Å²) in [6.07, 6.45) is -4.03. The number of hydrogen-bond acceptors (Lipinski definition) is 9. The molecule has 0 aliphatic carbocycles. The Hall–Kier alpha value is -2.16. The number of hydrogen-bond donors (Lipinski definition) is 0. The minimum atomic E-state index is -1.15. The Morgan fingerprint density at radius 3 is 1.62 bits per heavy atom. The lowest BCUT2D eigenvalue weighted by Gasteiger charge is -2.33. The van der Waals surface area contributed by atoms with Crippen LogP contribution in [0.5, 0.6) is 0 Å². The number of carbonyl (C=O) groups is 4. The lowest BCUT2D eigenvalue weighted by molar-refractivity contribution is -0.195. The van der Waals surface area contributed by atoms with E-state index in [0.717, 1.165) is 13.8 Å². The lowest BCUT2D eigenvalue weighted by atomic mass is 10.0. The van der Waals surface area contributed by atoms with Crippen LogP contribution in [0.3, 0.4) is 0 Å². The topological polar surface area (TPSA) is 114 Å². The molecule has 0 saturated carbocycles. The summed E-state index contributed by atoms with van der Waals surface area (Å²) in [5, 5.41) is 0. The second-order valence-corrected chi connectivity index (χ2v) is 5.04. The largest absolute Gasteiger partial charge is 0.462 e. The molecule has 0 spiro atoms. The van der Waals surface area contributed by atoms with E-state index in [0.29, 0.717) is 0 Å². The molecule has 0 unspecified atom stereocenters. The standard InChI is InChI=1S/C15H24O9/c1-8(22-10(3)17)14(20-6)15(24-12(5)19)13(23-11(4)18)7-21-9(2)16/h8,13-15H,7H2,1-6H3/t8-,13-,14-,15-/m0/s1. The molecule has 0 aliphatic heterocycles. The number of ether oxygens (including phenoxy) is 5. The van der Waals surface area contributed by atoms with Gasteiger partial charge < -0.3 is 23.7 Å². The molecule has 0 saturated heterocycles. The van der Waals surface area contributed by atoms with E-state index in [9.17, 15) is 19.2 Å². The Balaban J connectivity index is 5.50. The maximum atomic E-state index is 11.4. The Bertz CT molecular complexity index is 460. The van der Waals surface area contributed by atoms with Crippen molar-refractivity contribution in [1.82, 2.24) is 0 Å². The van der Waals surface area contributed by atoms with Gasteiger partial charge in [0, 0.05) is 34.8 Å². The molecule has 0 N–H and O–H groups in total. The highest BCUT2D eigenvalue weighted by molar-refractivity contribution is 5.68. The third-order valence-electron chi connectivity index (χ3n) is 2.85. The average molecular weight is 348 g/mol. The van der Waals surface area contributed by atoms with Crippen molar-refractivity contribution in [3.05, 3.63) is 0 Å². The molecule has 24 heavy (non-hydrogen) atoms. The smallest absolute Gasteiger partial charge is 0.303 e. The summed E-state index contributed by atoms with van der Waals surface area (Å²) in [7, 11) is 1.32. The molecule has 0 fully saturated rings. The van der Waals surface area contributed by atoms with Crippen molar-refractivity contribution in [2.75, 3.05) is 13.7 Å². The van der Waals surface area contributed by atoms with E-state index < -0.39 is 48.3 Å². The van der Waals surface area contributed by atoms with Crippen LogP contribution in [0.15, 0.2) is 0 Å². The van der Waals surface area contributed by atoms with Crippen LogP contribution < -0.4 is 0 Å². The zero-order chi connectivity index (χ0) is 18.9. The van der Waals surface area contributed by atoms with Gasteiger partial charge >= 0.3 is 23.9 Å². The van der Waals surface area contributed by atoms with Crippen LogP contribution in [0.2, 0.25) is 0 Å². The third-order valence-corrected chi connectivity index (χ3v) is 2.85. The minimum absolute atomic E-state index is 0.348.